The Balaban J connectivity index is 1.50. The first-order chi connectivity index (χ1) is 9.92. The monoisotopic (exact) mass is 271 g/mol. The van der Waals surface area contributed by atoms with Crippen LogP contribution in [0.25, 0.3) is 11.4 Å². The van der Waals surface area contributed by atoms with Gasteiger partial charge in [0, 0.05) is 12.0 Å². The van der Waals surface area contributed by atoms with E-state index in [0.29, 0.717) is 5.82 Å². The topological polar surface area (TPSA) is 42.2 Å². The molecule has 0 radical (unpaired) electrons. The Morgan fingerprint density at radius 2 is 1.85 bits per heavy atom. The zero-order valence-electron chi connectivity index (χ0n) is 11.8. The highest BCUT2D eigenvalue weighted by molar-refractivity contribution is 5.53. The predicted octanol–water partition coefficient (Wildman–Crippen LogP) is 3.16. The molecule has 2 heterocycles. The Hall–Kier alpha value is -1.68. The van der Waals surface area contributed by atoms with Crippen molar-refractivity contribution >= 4 is 0 Å². The molecule has 0 aliphatic carbocycles. The van der Waals surface area contributed by atoms with Crippen LogP contribution in [-0.4, -0.2) is 34.7 Å². The van der Waals surface area contributed by atoms with Gasteiger partial charge < -0.3 is 9.42 Å². The standard InChI is InChI=1S/C16H21N3O/c1-3-8-14(9-4-1)16-17-15(20-18-16)10-7-13-19-11-5-2-6-12-19/h1,3-4,8-9H,2,5-7,10-13H2. The number of piperidine rings is 1. The molecular weight excluding hydrogens is 250 g/mol. The quantitative estimate of drug-likeness (QED) is 0.837. The molecule has 1 saturated heterocycles. The molecule has 1 aromatic heterocycles. The summed E-state index contributed by atoms with van der Waals surface area (Å²) in [6, 6.07) is 9.97. The Kier molecular flexibility index (Phi) is 4.43. The predicted molar refractivity (Wildman–Crippen MR) is 78.3 cm³/mol. The number of hydrogen-bond donors (Lipinski definition) is 0. The number of hydrogen-bond acceptors (Lipinski definition) is 4. The van der Waals surface area contributed by atoms with Gasteiger partial charge in [-0.2, -0.15) is 4.98 Å². The lowest BCUT2D eigenvalue weighted by molar-refractivity contribution is 0.223. The van der Waals surface area contributed by atoms with Crippen LogP contribution < -0.4 is 0 Å². The fraction of sp³-hybridized carbons (Fsp3) is 0.500. The van der Waals surface area contributed by atoms with E-state index < -0.39 is 0 Å². The van der Waals surface area contributed by atoms with Crippen LogP contribution in [0.4, 0.5) is 0 Å². The van der Waals surface area contributed by atoms with E-state index in [9.17, 15) is 0 Å². The van der Waals surface area contributed by atoms with Gasteiger partial charge in [0.1, 0.15) is 0 Å². The van der Waals surface area contributed by atoms with Crippen molar-refractivity contribution < 1.29 is 4.52 Å². The molecule has 4 heteroatoms. The zero-order valence-corrected chi connectivity index (χ0v) is 11.8. The maximum absolute atomic E-state index is 5.33. The third kappa shape index (κ3) is 3.45. The van der Waals surface area contributed by atoms with Gasteiger partial charge in [0.15, 0.2) is 0 Å². The molecule has 0 saturated carbocycles. The van der Waals surface area contributed by atoms with Crippen molar-refractivity contribution in [2.45, 2.75) is 32.1 Å². The van der Waals surface area contributed by atoms with Crippen molar-refractivity contribution in [1.82, 2.24) is 15.0 Å². The molecule has 106 valence electrons. The molecule has 0 unspecified atom stereocenters. The summed E-state index contributed by atoms with van der Waals surface area (Å²) in [6.07, 6.45) is 6.05. The summed E-state index contributed by atoms with van der Waals surface area (Å²) in [4.78, 5) is 7.01. The summed E-state index contributed by atoms with van der Waals surface area (Å²) in [5.74, 6) is 1.44. The lowest BCUT2D eigenvalue weighted by atomic mass is 10.1. The minimum Gasteiger partial charge on any atom is -0.339 e. The Morgan fingerprint density at radius 3 is 2.65 bits per heavy atom. The highest BCUT2D eigenvalue weighted by atomic mass is 16.5. The minimum atomic E-state index is 0.693. The highest BCUT2D eigenvalue weighted by Crippen LogP contribution is 2.16. The van der Waals surface area contributed by atoms with Crippen LogP contribution in [0, 0.1) is 0 Å². The van der Waals surface area contributed by atoms with Crippen molar-refractivity contribution in [1.29, 1.82) is 0 Å². The van der Waals surface area contributed by atoms with Gasteiger partial charge in [0.25, 0.3) is 0 Å². The highest BCUT2D eigenvalue weighted by Gasteiger charge is 2.11. The lowest BCUT2D eigenvalue weighted by Gasteiger charge is -2.25. The normalized spacial score (nSPS) is 16.4. The fourth-order valence-corrected chi connectivity index (χ4v) is 2.70. The maximum Gasteiger partial charge on any atom is 0.227 e. The van der Waals surface area contributed by atoms with E-state index in [4.69, 9.17) is 4.52 Å². The molecule has 1 aliphatic rings. The van der Waals surface area contributed by atoms with Gasteiger partial charge >= 0.3 is 0 Å². The molecule has 0 bridgehead atoms. The minimum absolute atomic E-state index is 0.693. The second-order valence-corrected chi connectivity index (χ2v) is 5.38. The SMILES string of the molecule is c1ccc(-c2noc(CCCN3CCCCC3)n2)cc1. The van der Waals surface area contributed by atoms with Gasteiger partial charge in [-0.1, -0.05) is 41.9 Å². The van der Waals surface area contributed by atoms with Crippen molar-refractivity contribution in [3.63, 3.8) is 0 Å². The number of benzene rings is 1. The van der Waals surface area contributed by atoms with Crippen LogP contribution in [0.15, 0.2) is 34.9 Å². The van der Waals surface area contributed by atoms with E-state index in [0.717, 1.165) is 30.8 Å². The van der Waals surface area contributed by atoms with Crippen LogP contribution in [0.5, 0.6) is 0 Å². The molecule has 3 rings (SSSR count). The summed E-state index contributed by atoms with van der Waals surface area (Å²) in [5, 5.41) is 4.05. The lowest BCUT2D eigenvalue weighted by Crippen LogP contribution is -2.30. The summed E-state index contributed by atoms with van der Waals surface area (Å²) in [5.41, 5.74) is 1.01. The van der Waals surface area contributed by atoms with Gasteiger partial charge in [0.2, 0.25) is 11.7 Å². The molecule has 2 aromatic rings. The first-order valence-electron chi connectivity index (χ1n) is 7.52. The van der Waals surface area contributed by atoms with Gasteiger partial charge in [-0.05, 0) is 38.9 Å². The van der Waals surface area contributed by atoms with E-state index in [1.807, 2.05) is 30.3 Å². The molecule has 1 aromatic carbocycles. The molecule has 0 atom stereocenters. The molecule has 20 heavy (non-hydrogen) atoms. The summed E-state index contributed by atoms with van der Waals surface area (Å²) in [6.45, 7) is 3.64. The summed E-state index contributed by atoms with van der Waals surface area (Å²) < 4.78 is 5.33. The first kappa shape index (κ1) is 13.3. The van der Waals surface area contributed by atoms with Gasteiger partial charge in [-0.15, -0.1) is 0 Å². The van der Waals surface area contributed by atoms with E-state index >= 15 is 0 Å². The van der Waals surface area contributed by atoms with E-state index in [1.165, 1.54) is 32.4 Å². The van der Waals surface area contributed by atoms with Gasteiger partial charge in [-0.3, -0.25) is 0 Å². The van der Waals surface area contributed by atoms with Gasteiger partial charge in [-0.25, -0.2) is 0 Å². The van der Waals surface area contributed by atoms with Crippen molar-refractivity contribution in [3.8, 4) is 11.4 Å². The van der Waals surface area contributed by atoms with Crippen LogP contribution in [-0.2, 0) is 6.42 Å². The van der Waals surface area contributed by atoms with Crippen molar-refractivity contribution in [2.75, 3.05) is 19.6 Å². The van der Waals surface area contributed by atoms with Gasteiger partial charge in [0.05, 0.1) is 0 Å². The zero-order chi connectivity index (χ0) is 13.6. The van der Waals surface area contributed by atoms with Crippen LogP contribution >= 0.6 is 0 Å². The third-order valence-electron chi connectivity index (χ3n) is 3.81. The van der Waals surface area contributed by atoms with E-state index in [-0.39, 0.29) is 0 Å². The molecule has 1 aliphatic heterocycles. The average molecular weight is 271 g/mol. The molecule has 1 fully saturated rings. The molecule has 0 amide bonds. The smallest absolute Gasteiger partial charge is 0.227 e. The van der Waals surface area contributed by atoms with Crippen LogP contribution in [0.1, 0.15) is 31.6 Å². The molecule has 0 spiro atoms. The first-order valence-corrected chi connectivity index (χ1v) is 7.52. The summed E-state index contributed by atoms with van der Waals surface area (Å²) in [7, 11) is 0. The number of aromatic nitrogens is 2. The number of likely N-dealkylation sites (tertiary alicyclic amines) is 1. The third-order valence-corrected chi connectivity index (χ3v) is 3.81. The van der Waals surface area contributed by atoms with Crippen LogP contribution in [0.3, 0.4) is 0 Å². The van der Waals surface area contributed by atoms with Crippen LogP contribution in [0.2, 0.25) is 0 Å². The van der Waals surface area contributed by atoms with Crippen molar-refractivity contribution in [2.24, 2.45) is 0 Å². The van der Waals surface area contributed by atoms with E-state index in [2.05, 4.69) is 15.0 Å². The Morgan fingerprint density at radius 1 is 1.05 bits per heavy atom. The Labute approximate surface area is 119 Å². The average Bonchev–Trinajstić information content (AvgIpc) is 2.98. The number of nitrogens with zero attached hydrogens (tertiary/aromatic N) is 3. The second kappa shape index (κ2) is 6.66. The fourth-order valence-electron chi connectivity index (χ4n) is 2.70. The largest absolute Gasteiger partial charge is 0.339 e. The number of rotatable bonds is 5. The molecule has 4 nitrogen and oxygen atoms in total. The second-order valence-electron chi connectivity index (χ2n) is 5.38. The van der Waals surface area contributed by atoms with Crippen molar-refractivity contribution in [3.05, 3.63) is 36.2 Å². The maximum atomic E-state index is 5.33. The number of aryl methyl sites for hydroxylation is 1. The van der Waals surface area contributed by atoms with E-state index in [1.54, 1.807) is 0 Å². The molecule has 0 N–H and O–H groups in total. The molecular formula is C16H21N3O. The summed E-state index contributed by atoms with van der Waals surface area (Å²) >= 11 is 0. The Bertz CT molecular complexity index is 518.